The van der Waals surface area contributed by atoms with Gasteiger partial charge in [-0.15, -0.1) is 0 Å². The summed E-state index contributed by atoms with van der Waals surface area (Å²) in [6, 6.07) is 11.9. The molecule has 0 aliphatic carbocycles. The molecule has 1 aliphatic heterocycles. The molecule has 1 fully saturated rings. The van der Waals surface area contributed by atoms with Crippen LogP contribution < -0.4 is 9.46 Å². The average molecular weight is 455 g/mol. The maximum Gasteiger partial charge on any atom is 0.265 e. The second-order valence-corrected chi connectivity index (χ2v) is 9.52. The molecule has 3 aromatic rings. The molecule has 168 valence electrons. The fourth-order valence-corrected chi connectivity index (χ4v) is 5.14. The summed E-state index contributed by atoms with van der Waals surface area (Å²) in [4.78, 5) is 18.9. The average Bonchev–Trinajstić information content (AvgIpc) is 3.35. The van der Waals surface area contributed by atoms with Crippen molar-refractivity contribution in [3.8, 4) is 5.75 Å². The fourth-order valence-electron chi connectivity index (χ4n) is 3.89. The molecule has 4 rings (SSSR count). The number of carbonyl (C=O) groups is 1. The lowest BCUT2D eigenvalue weighted by atomic mass is 10.0. The van der Waals surface area contributed by atoms with Crippen LogP contribution in [0, 0.1) is 6.92 Å². The number of hydrogen-bond donors (Lipinski definition) is 1. The molecule has 0 radical (unpaired) electrons. The number of benzene rings is 2. The van der Waals surface area contributed by atoms with Crippen LogP contribution in [0.5, 0.6) is 5.75 Å². The third-order valence-corrected chi connectivity index (χ3v) is 7.10. The standard InChI is InChI=1S/C23H26N4O4S/c1-17-3-6-19(7-4-17)25-32(29,30)22-15-18(5-8-21(22)31-2)23(28)26-12-9-20(10-13-26)27-14-11-24-16-27/h3-8,11,14-16,20,25H,9-10,12-13H2,1-2H3. The lowest BCUT2D eigenvalue weighted by Crippen LogP contribution is -2.39. The molecule has 32 heavy (non-hydrogen) atoms. The molecule has 0 bridgehead atoms. The van der Waals surface area contributed by atoms with Crippen LogP contribution in [0.15, 0.2) is 66.1 Å². The maximum atomic E-state index is 13.1. The van der Waals surface area contributed by atoms with E-state index >= 15 is 0 Å². The largest absolute Gasteiger partial charge is 0.495 e. The Bertz CT molecular complexity index is 1180. The Balaban J connectivity index is 1.53. The van der Waals surface area contributed by atoms with Crippen molar-refractivity contribution < 1.29 is 17.9 Å². The van der Waals surface area contributed by atoms with E-state index in [0.717, 1.165) is 18.4 Å². The number of methoxy groups -OCH3 is 1. The number of carbonyl (C=O) groups excluding carboxylic acids is 1. The molecule has 0 atom stereocenters. The van der Waals surface area contributed by atoms with Crippen LogP contribution in [0.25, 0.3) is 0 Å². The van der Waals surface area contributed by atoms with Crippen molar-refractivity contribution in [2.75, 3.05) is 24.9 Å². The summed E-state index contributed by atoms with van der Waals surface area (Å²) in [5.41, 5.74) is 1.78. The Kier molecular flexibility index (Phi) is 6.18. The van der Waals surface area contributed by atoms with Crippen LogP contribution in [0.4, 0.5) is 5.69 Å². The highest BCUT2D eigenvalue weighted by molar-refractivity contribution is 7.92. The van der Waals surface area contributed by atoms with Gasteiger partial charge in [-0.25, -0.2) is 13.4 Å². The van der Waals surface area contributed by atoms with E-state index < -0.39 is 10.0 Å². The molecular formula is C23H26N4O4S. The first-order chi connectivity index (χ1) is 15.4. The van der Waals surface area contributed by atoms with E-state index in [2.05, 4.69) is 14.3 Å². The zero-order valence-corrected chi connectivity index (χ0v) is 18.9. The number of ether oxygens (including phenoxy) is 1. The van der Waals surface area contributed by atoms with Gasteiger partial charge >= 0.3 is 0 Å². The quantitative estimate of drug-likeness (QED) is 0.616. The SMILES string of the molecule is COc1ccc(C(=O)N2CCC(n3ccnc3)CC2)cc1S(=O)(=O)Nc1ccc(C)cc1. The van der Waals surface area contributed by atoms with Crippen LogP contribution >= 0.6 is 0 Å². The Labute approximate surface area is 187 Å². The highest BCUT2D eigenvalue weighted by Gasteiger charge is 2.27. The maximum absolute atomic E-state index is 13.1. The van der Waals surface area contributed by atoms with E-state index in [0.29, 0.717) is 30.4 Å². The van der Waals surface area contributed by atoms with Gasteiger partial charge in [-0.2, -0.15) is 0 Å². The van der Waals surface area contributed by atoms with Crippen LogP contribution in [-0.2, 0) is 10.0 Å². The minimum atomic E-state index is -3.95. The summed E-state index contributed by atoms with van der Waals surface area (Å²) in [6.45, 7) is 3.11. The molecule has 1 aliphatic rings. The predicted molar refractivity (Wildman–Crippen MR) is 121 cm³/mol. The van der Waals surface area contributed by atoms with Crippen LogP contribution in [0.3, 0.4) is 0 Å². The molecule has 2 heterocycles. The van der Waals surface area contributed by atoms with Crippen molar-refractivity contribution in [2.24, 2.45) is 0 Å². The number of hydrogen-bond acceptors (Lipinski definition) is 5. The number of anilines is 1. The van der Waals surface area contributed by atoms with Gasteiger partial charge in [-0.3, -0.25) is 9.52 Å². The van der Waals surface area contributed by atoms with E-state index in [9.17, 15) is 13.2 Å². The van der Waals surface area contributed by atoms with Gasteiger partial charge in [0, 0.05) is 42.8 Å². The molecule has 1 aromatic heterocycles. The number of rotatable bonds is 6. The zero-order chi connectivity index (χ0) is 22.7. The number of imidazole rings is 1. The van der Waals surface area contributed by atoms with Gasteiger partial charge < -0.3 is 14.2 Å². The van der Waals surface area contributed by atoms with Crippen molar-refractivity contribution >= 4 is 21.6 Å². The first-order valence-corrected chi connectivity index (χ1v) is 11.9. The first kappa shape index (κ1) is 21.9. The Morgan fingerprint density at radius 3 is 2.47 bits per heavy atom. The summed E-state index contributed by atoms with van der Waals surface area (Å²) in [7, 11) is -2.54. The second-order valence-electron chi connectivity index (χ2n) is 7.87. The molecule has 1 N–H and O–H groups in total. The predicted octanol–water partition coefficient (Wildman–Crippen LogP) is 3.48. The summed E-state index contributed by atoms with van der Waals surface area (Å²) in [5, 5.41) is 0. The Morgan fingerprint density at radius 2 is 1.84 bits per heavy atom. The lowest BCUT2D eigenvalue weighted by molar-refractivity contribution is 0.0694. The van der Waals surface area contributed by atoms with Gasteiger partial charge in [0.25, 0.3) is 15.9 Å². The number of aryl methyl sites for hydroxylation is 1. The van der Waals surface area contributed by atoms with E-state index in [4.69, 9.17) is 4.74 Å². The molecule has 1 amide bonds. The Hall–Kier alpha value is -3.33. The lowest BCUT2D eigenvalue weighted by Gasteiger charge is -2.32. The van der Waals surface area contributed by atoms with E-state index in [1.165, 1.54) is 19.2 Å². The van der Waals surface area contributed by atoms with Crippen molar-refractivity contribution in [1.82, 2.24) is 14.5 Å². The van der Waals surface area contributed by atoms with Crippen LogP contribution in [-0.4, -0.2) is 49.0 Å². The van der Waals surface area contributed by atoms with Crippen molar-refractivity contribution in [1.29, 1.82) is 0 Å². The van der Waals surface area contributed by atoms with Crippen molar-refractivity contribution in [2.45, 2.75) is 30.7 Å². The smallest absolute Gasteiger partial charge is 0.265 e. The van der Waals surface area contributed by atoms with E-state index in [1.54, 1.807) is 35.6 Å². The molecular weight excluding hydrogens is 428 g/mol. The minimum Gasteiger partial charge on any atom is -0.495 e. The molecule has 2 aromatic carbocycles. The first-order valence-electron chi connectivity index (χ1n) is 10.4. The topological polar surface area (TPSA) is 93.5 Å². The van der Waals surface area contributed by atoms with Gasteiger partial charge in [0.05, 0.1) is 13.4 Å². The normalized spacial score (nSPS) is 14.9. The number of amides is 1. The summed E-state index contributed by atoms with van der Waals surface area (Å²) in [6.07, 6.45) is 7.12. The highest BCUT2D eigenvalue weighted by Crippen LogP contribution is 2.29. The van der Waals surface area contributed by atoms with Gasteiger partial charge in [-0.05, 0) is 50.1 Å². The summed E-state index contributed by atoms with van der Waals surface area (Å²) >= 11 is 0. The molecule has 9 heteroatoms. The van der Waals surface area contributed by atoms with Crippen LogP contribution in [0.2, 0.25) is 0 Å². The number of sulfonamides is 1. The number of piperidine rings is 1. The zero-order valence-electron chi connectivity index (χ0n) is 18.1. The monoisotopic (exact) mass is 454 g/mol. The van der Waals surface area contributed by atoms with Crippen molar-refractivity contribution in [3.63, 3.8) is 0 Å². The minimum absolute atomic E-state index is 0.0697. The molecule has 8 nitrogen and oxygen atoms in total. The third kappa shape index (κ3) is 4.62. The molecule has 1 saturated heterocycles. The van der Waals surface area contributed by atoms with E-state index in [1.807, 2.05) is 25.3 Å². The van der Waals surface area contributed by atoms with Gasteiger partial charge in [0.1, 0.15) is 10.6 Å². The fraction of sp³-hybridized carbons (Fsp3) is 0.304. The summed E-state index contributed by atoms with van der Waals surface area (Å²) in [5.74, 6) is -0.0107. The molecule has 0 unspecified atom stereocenters. The summed E-state index contributed by atoms with van der Waals surface area (Å²) < 4.78 is 36.0. The van der Waals surface area contributed by atoms with Crippen LogP contribution in [0.1, 0.15) is 34.8 Å². The van der Waals surface area contributed by atoms with E-state index in [-0.39, 0.29) is 16.6 Å². The highest BCUT2D eigenvalue weighted by atomic mass is 32.2. The third-order valence-electron chi connectivity index (χ3n) is 5.70. The van der Waals surface area contributed by atoms with Gasteiger partial charge in [0.2, 0.25) is 0 Å². The van der Waals surface area contributed by atoms with Gasteiger partial charge in [0.15, 0.2) is 0 Å². The number of likely N-dealkylation sites (tertiary alicyclic amines) is 1. The number of nitrogens with zero attached hydrogens (tertiary/aromatic N) is 3. The molecule has 0 saturated carbocycles. The number of aromatic nitrogens is 2. The van der Waals surface area contributed by atoms with Gasteiger partial charge in [-0.1, -0.05) is 17.7 Å². The number of nitrogens with one attached hydrogen (secondary N) is 1. The Morgan fingerprint density at radius 1 is 1.12 bits per heavy atom. The van der Waals surface area contributed by atoms with Crippen molar-refractivity contribution in [3.05, 3.63) is 72.3 Å². The molecule has 0 spiro atoms. The second kappa shape index (κ2) is 9.04.